The summed E-state index contributed by atoms with van der Waals surface area (Å²) in [6.07, 6.45) is -4.69. The van der Waals surface area contributed by atoms with Crippen LogP contribution in [0.15, 0.2) is 16.6 Å². The first-order valence-corrected chi connectivity index (χ1v) is 6.40. The average Bonchev–Trinajstić information content (AvgIpc) is 2.35. The maximum atomic E-state index is 12.8. The molecule has 0 aliphatic carbocycles. The van der Waals surface area contributed by atoms with Crippen molar-refractivity contribution in [3.8, 4) is 0 Å². The Morgan fingerprint density at radius 1 is 1.48 bits per heavy atom. The Morgan fingerprint density at radius 3 is 2.57 bits per heavy atom. The van der Waals surface area contributed by atoms with E-state index in [0.717, 1.165) is 6.07 Å². The molecule has 0 spiro atoms. The molecular formula is C11H10BrF3N2O4. The maximum Gasteiger partial charge on any atom is 0.417 e. The molecule has 21 heavy (non-hydrogen) atoms. The van der Waals surface area contributed by atoms with E-state index in [4.69, 9.17) is 0 Å². The van der Waals surface area contributed by atoms with Gasteiger partial charge in [0.1, 0.15) is 12.2 Å². The van der Waals surface area contributed by atoms with Gasteiger partial charge in [0.15, 0.2) is 0 Å². The lowest BCUT2D eigenvalue weighted by Crippen LogP contribution is -2.18. The largest absolute Gasteiger partial charge is 0.465 e. The Hall–Kier alpha value is -1.84. The molecule has 0 fully saturated rings. The Balaban J connectivity index is 3.15. The molecule has 6 nitrogen and oxygen atoms in total. The van der Waals surface area contributed by atoms with Crippen LogP contribution in [0, 0.1) is 10.1 Å². The minimum Gasteiger partial charge on any atom is -0.465 e. The Bertz CT molecular complexity index is 563. The number of ether oxygens (including phenoxy) is 1. The number of nitro groups is 1. The van der Waals surface area contributed by atoms with Crippen molar-refractivity contribution in [3.63, 3.8) is 0 Å². The lowest BCUT2D eigenvalue weighted by atomic mass is 10.1. The van der Waals surface area contributed by atoms with Crippen molar-refractivity contribution < 1.29 is 27.6 Å². The molecule has 0 aliphatic heterocycles. The minimum atomic E-state index is -4.69. The van der Waals surface area contributed by atoms with Crippen LogP contribution in [0.4, 0.5) is 24.5 Å². The summed E-state index contributed by atoms with van der Waals surface area (Å²) >= 11 is 2.65. The van der Waals surface area contributed by atoms with Crippen molar-refractivity contribution in [2.45, 2.75) is 13.1 Å². The van der Waals surface area contributed by atoms with E-state index in [-0.39, 0.29) is 6.61 Å². The molecule has 0 saturated heterocycles. The van der Waals surface area contributed by atoms with Gasteiger partial charge in [-0.3, -0.25) is 14.9 Å². The summed E-state index contributed by atoms with van der Waals surface area (Å²) in [6, 6.07) is 1.30. The van der Waals surface area contributed by atoms with Crippen molar-refractivity contribution in [2.24, 2.45) is 0 Å². The third-order valence-corrected chi connectivity index (χ3v) is 2.97. The number of nitro benzene ring substituents is 1. The molecule has 1 N–H and O–H groups in total. The summed E-state index contributed by atoms with van der Waals surface area (Å²) in [5, 5.41) is 13.1. The standard InChI is InChI=1S/C11H10BrF3N2O4/c1-2-21-10(18)5-16-8-3-6(11(13,14)15)7(12)4-9(8)17(19)20/h3-4,16H,2,5H2,1H3. The molecule has 0 amide bonds. The fourth-order valence-corrected chi connectivity index (χ4v) is 2.01. The molecule has 0 heterocycles. The smallest absolute Gasteiger partial charge is 0.417 e. The summed E-state index contributed by atoms with van der Waals surface area (Å²) in [4.78, 5) is 21.2. The number of hydrogen-bond donors (Lipinski definition) is 1. The number of nitrogens with zero attached hydrogens (tertiary/aromatic N) is 1. The zero-order valence-corrected chi connectivity index (χ0v) is 12.2. The van der Waals surface area contributed by atoms with Crippen LogP contribution >= 0.6 is 15.9 Å². The quantitative estimate of drug-likeness (QED) is 0.488. The molecule has 0 aromatic heterocycles. The van der Waals surface area contributed by atoms with Crippen molar-refractivity contribution in [1.29, 1.82) is 0 Å². The van der Waals surface area contributed by atoms with Crippen LogP contribution in [0.1, 0.15) is 12.5 Å². The first-order valence-electron chi connectivity index (χ1n) is 5.61. The number of rotatable bonds is 5. The van der Waals surface area contributed by atoms with E-state index in [1.54, 1.807) is 6.92 Å². The molecule has 0 bridgehead atoms. The molecule has 1 aromatic carbocycles. The number of benzene rings is 1. The third kappa shape index (κ3) is 4.59. The molecule has 1 aromatic rings. The lowest BCUT2D eigenvalue weighted by Gasteiger charge is -2.12. The highest BCUT2D eigenvalue weighted by Gasteiger charge is 2.35. The van der Waals surface area contributed by atoms with Gasteiger partial charge in [-0.05, 0) is 28.9 Å². The molecular weight excluding hydrogens is 361 g/mol. The normalized spacial score (nSPS) is 11.1. The van der Waals surface area contributed by atoms with Crippen molar-refractivity contribution in [3.05, 3.63) is 32.3 Å². The average molecular weight is 371 g/mol. The second-order valence-corrected chi connectivity index (χ2v) is 4.62. The molecule has 0 saturated carbocycles. The van der Waals surface area contributed by atoms with Gasteiger partial charge >= 0.3 is 12.1 Å². The number of anilines is 1. The number of halogens is 4. The van der Waals surface area contributed by atoms with E-state index in [0.29, 0.717) is 6.07 Å². The van der Waals surface area contributed by atoms with Gasteiger partial charge in [0.2, 0.25) is 0 Å². The van der Waals surface area contributed by atoms with Crippen molar-refractivity contribution >= 4 is 33.3 Å². The highest BCUT2D eigenvalue weighted by Crippen LogP contribution is 2.40. The number of esters is 1. The second-order valence-electron chi connectivity index (χ2n) is 3.76. The molecule has 0 atom stereocenters. The lowest BCUT2D eigenvalue weighted by molar-refractivity contribution is -0.384. The highest BCUT2D eigenvalue weighted by atomic mass is 79.9. The number of nitrogens with one attached hydrogen (secondary N) is 1. The van der Waals surface area contributed by atoms with Gasteiger partial charge in [0, 0.05) is 10.5 Å². The predicted molar refractivity (Wildman–Crippen MR) is 70.9 cm³/mol. The van der Waals surface area contributed by atoms with E-state index < -0.39 is 45.0 Å². The van der Waals surface area contributed by atoms with Crippen LogP contribution < -0.4 is 5.32 Å². The minimum absolute atomic E-state index is 0.0940. The van der Waals surface area contributed by atoms with E-state index in [2.05, 4.69) is 26.0 Å². The summed E-state index contributed by atoms with van der Waals surface area (Å²) in [7, 11) is 0. The maximum absolute atomic E-state index is 12.8. The number of hydrogen-bond acceptors (Lipinski definition) is 5. The number of carbonyl (C=O) groups is 1. The molecule has 10 heteroatoms. The van der Waals surface area contributed by atoms with Gasteiger partial charge < -0.3 is 10.1 Å². The molecule has 116 valence electrons. The van der Waals surface area contributed by atoms with E-state index in [9.17, 15) is 28.1 Å². The second kappa shape index (κ2) is 6.74. The third-order valence-electron chi connectivity index (χ3n) is 2.32. The molecule has 0 radical (unpaired) electrons. The SMILES string of the molecule is CCOC(=O)CNc1cc(C(F)(F)F)c(Br)cc1[N+](=O)[O-]. The fourth-order valence-electron chi connectivity index (χ4n) is 1.45. The molecule has 1 rings (SSSR count). The van der Waals surface area contributed by atoms with Gasteiger partial charge in [-0.1, -0.05) is 0 Å². The zero-order valence-electron chi connectivity index (χ0n) is 10.7. The zero-order chi connectivity index (χ0) is 16.2. The summed E-state index contributed by atoms with van der Waals surface area (Å²) < 4.78 is 42.4. The van der Waals surface area contributed by atoms with Crippen LogP contribution in [0.5, 0.6) is 0 Å². The van der Waals surface area contributed by atoms with Gasteiger partial charge in [-0.15, -0.1) is 0 Å². The Kier molecular flexibility index (Phi) is 5.53. The van der Waals surface area contributed by atoms with Crippen LogP contribution in [0.3, 0.4) is 0 Å². The van der Waals surface area contributed by atoms with Crippen LogP contribution in [0.25, 0.3) is 0 Å². The van der Waals surface area contributed by atoms with Gasteiger partial charge in [-0.25, -0.2) is 0 Å². The first-order chi connectivity index (χ1) is 9.66. The highest BCUT2D eigenvalue weighted by molar-refractivity contribution is 9.10. The predicted octanol–water partition coefficient (Wildman–Crippen LogP) is 3.35. The summed E-state index contributed by atoms with van der Waals surface area (Å²) in [6.45, 7) is 1.17. The first kappa shape index (κ1) is 17.2. The van der Waals surface area contributed by atoms with E-state index in [1.807, 2.05) is 0 Å². The molecule has 0 unspecified atom stereocenters. The number of alkyl halides is 3. The Labute approximate surface area is 125 Å². The summed E-state index contributed by atoms with van der Waals surface area (Å²) in [5.41, 5.74) is -2.08. The van der Waals surface area contributed by atoms with Gasteiger partial charge in [-0.2, -0.15) is 13.2 Å². The monoisotopic (exact) mass is 370 g/mol. The van der Waals surface area contributed by atoms with Crippen molar-refractivity contribution in [1.82, 2.24) is 0 Å². The van der Waals surface area contributed by atoms with Crippen LogP contribution in [-0.2, 0) is 15.7 Å². The molecule has 0 aliphatic rings. The van der Waals surface area contributed by atoms with Crippen LogP contribution in [-0.4, -0.2) is 24.0 Å². The van der Waals surface area contributed by atoms with Gasteiger partial charge in [0.25, 0.3) is 5.69 Å². The van der Waals surface area contributed by atoms with Crippen molar-refractivity contribution in [2.75, 3.05) is 18.5 Å². The van der Waals surface area contributed by atoms with E-state index in [1.165, 1.54) is 0 Å². The topological polar surface area (TPSA) is 81.5 Å². The van der Waals surface area contributed by atoms with Gasteiger partial charge in [0.05, 0.1) is 17.1 Å². The number of carbonyl (C=O) groups excluding carboxylic acids is 1. The fraction of sp³-hybridized carbons (Fsp3) is 0.364. The summed E-state index contributed by atoms with van der Waals surface area (Å²) in [5.74, 6) is -0.733. The van der Waals surface area contributed by atoms with Crippen LogP contribution in [0.2, 0.25) is 0 Å². The Morgan fingerprint density at radius 2 is 2.10 bits per heavy atom. The van der Waals surface area contributed by atoms with E-state index >= 15 is 0 Å².